The third kappa shape index (κ3) is 3.87. The minimum absolute atomic E-state index is 0.137. The molecule has 24 heavy (non-hydrogen) atoms. The molecule has 0 bridgehead atoms. The highest BCUT2D eigenvalue weighted by molar-refractivity contribution is 6.03. The molecule has 7 nitrogen and oxygen atoms in total. The van der Waals surface area contributed by atoms with Crippen molar-refractivity contribution in [3.8, 4) is 0 Å². The van der Waals surface area contributed by atoms with Crippen molar-refractivity contribution in [1.29, 1.82) is 0 Å². The standard InChI is InChI=1S/C17H19N5O2/c1-12(23)19-13-4-6-14(7-5-13)20-16(24)15-8-9-18-17(21-15)22-10-2-3-11-22/h4-9H,2-3,10-11H2,1H3,(H,19,23)(H,20,24). The highest BCUT2D eigenvalue weighted by Gasteiger charge is 2.17. The highest BCUT2D eigenvalue weighted by Crippen LogP contribution is 2.17. The van der Waals surface area contributed by atoms with Gasteiger partial charge in [0, 0.05) is 37.6 Å². The summed E-state index contributed by atoms with van der Waals surface area (Å²) in [5, 5.41) is 5.47. The van der Waals surface area contributed by atoms with Gasteiger partial charge >= 0.3 is 0 Å². The number of carbonyl (C=O) groups is 2. The Bertz CT molecular complexity index is 739. The van der Waals surface area contributed by atoms with E-state index < -0.39 is 0 Å². The van der Waals surface area contributed by atoms with Gasteiger partial charge in [0.15, 0.2) is 0 Å². The van der Waals surface area contributed by atoms with Crippen LogP contribution in [-0.2, 0) is 4.79 Å². The second-order valence-electron chi connectivity index (χ2n) is 5.65. The van der Waals surface area contributed by atoms with Crippen molar-refractivity contribution < 1.29 is 9.59 Å². The smallest absolute Gasteiger partial charge is 0.274 e. The molecule has 124 valence electrons. The molecular weight excluding hydrogens is 306 g/mol. The molecule has 2 aromatic rings. The normalized spacial score (nSPS) is 13.6. The van der Waals surface area contributed by atoms with E-state index in [4.69, 9.17) is 0 Å². The van der Waals surface area contributed by atoms with E-state index in [1.165, 1.54) is 6.92 Å². The highest BCUT2D eigenvalue weighted by atomic mass is 16.2. The molecule has 1 aliphatic heterocycles. The molecule has 2 N–H and O–H groups in total. The molecule has 0 atom stereocenters. The lowest BCUT2D eigenvalue weighted by atomic mass is 10.2. The van der Waals surface area contributed by atoms with Gasteiger partial charge in [-0.2, -0.15) is 0 Å². The molecule has 1 aromatic heterocycles. The van der Waals surface area contributed by atoms with Crippen LogP contribution >= 0.6 is 0 Å². The van der Waals surface area contributed by atoms with Gasteiger partial charge in [0.2, 0.25) is 11.9 Å². The molecule has 2 heterocycles. The van der Waals surface area contributed by atoms with Gasteiger partial charge in [-0.3, -0.25) is 9.59 Å². The summed E-state index contributed by atoms with van der Waals surface area (Å²) in [5.74, 6) is 0.175. The summed E-state index contributed by atoms with van der Waals surface area (Å²) in [5.41, 5.74) is 1.65. The van der Waals surface area contributed by atoms with Crippen LogP contribution in [-0.4, -0.2) is 34.9 Å². The van der Waals surface area contributed by atoms with Crippen molar-refractivity contribution in [1.82, 2.24) is 9.97 Å². The number of hydrogen-bond donors (Lipinski definition) is 2. The molecule has 1 aliphatic rings. The van der Waals surface area contributed by atoms with Crippen LogP contribution in [0.3, 0.4) is 0 Å². The number of rotatable bonds is 4. The van der Waals surface area contributed by atoms with Crippen LogP contribution in [0, 0.1) is 0 Å². The topological polar surface area (TPSA) is 87.2 Å². The van der Waals surface area contributed by atoms with Crippen molar-refractivity contribution in [2.75, 3.05) is 28.6 Å². The first-order valence-corrected chi connectivity index (χ1v) is 7.89. The van der Waals surface area contributed by atoms with Gasteiger partial charge in [-0.25, -0.2) is 9.97 Å². The second kappa shape index (κ2) is 7.08. The lowest BCUT2D eigenvalue weighted by molar-refractivity contribution is -0.114. The zero-order valence-electron chi connectivity index (χ0n) is 13.5. The van der Waals surface area contributed by atoms with Crippen LogP contribution in [0.25, 0.3) is 0 Å². The first kappa shape index (κ1) is 15.9. The maximum absolute atomic E-state index is 12.4. The minimum atomic E-state index is -0.287. The quantitative estimate of drug-likeness (QED) is 0.900. The summed E-state index contributed by atoms with van der Waals surface area (Å²) < 4.78 is 0. The number of carbonyl (C=O) groups excluding carboxylic acids is 2. The molecule has 0 aliphatic carbocycles. The predicted molar refractivity (Wildman–Crippen MR) is 92.2 cm³/mol. The predicted octanol–water partition coefficient (Wildman–Crippen LogP) is 2.29. The van der Waals surface area contributed by atoms with Gasteiger partial charge in [-0.1, -0.05) is 0 Å². The third-order valence-corrected chi connectivity index (χ3v) is 3.73. The van der Waals surface area contributed by atoms with E-state index in [-0.39, 0.29) is 11.8 Å². The van der Waals surface area contributed by atoms with Crippen molar-refractivity contribution >= 4 is 29.1 Å². The van der Waals surface area contributed by atoms with Crippen molar-refractivity contribution in [2.24, 2.45) is 0 Å². The first-order valence-electron chi connectivity index (χ1n) is 7.89. The first-order chi connectivity index (χ1) is 11.6. The van der Waals surface area contributed by atoms with Gasteiger partial charge < -0.3 is 15.5 Å². The van der Waals surface area contributed by atoms with E-state index in [0.29, 0.717) is 23.0 Å². The summed E-state index contributed by atoms with van der Waals surface area (Å²) in [6.07, 6.45) is 3.86. The fourth-order valence-electron chi connectivity index (χ4n) is 2.58. The van der Waals surface area contributed by atoms with Gasteiger partial charge in [-0.05, 0) is 43.2 Å². The van der Waals surface area contributed by atoms with Crippen LogP contribution in [0.4, 0.5) is 17.3 Å². The van der Waals surface area contributed by atoms with Crippen LogP contribution < -0.4 is 15.5 Å². The zero-order chi connectivity index (χ0) is 16.9. The minimum Gasteiger partial charge on any atom is -0.341 e. The maximum atomic E-state index is 12.4. The Morgan fingerprint density at radius 2 is 1.62 bits per heavy atom. The van der Waals surface area contributed by atoms with Gasteiger partial charge in [0.1, 0.15) is 5.69 Å². The Hall–Kier alpha value is -2.96. The van der Waals surface area contributed by atoms with E-state index in [1.807, 2.05) is 0 Å². The van der Waals surface area contributed by atoms with E-state index in [1.54, 1.807) is 36.5 Å². The Labute approximate surface area is 140 Å². The van der Waals surface area contributed by atoms with E-state index in [0.717, 1.165) is 25.9 Å². The summed E-state index contributed by atoms with van der Waals surface area (Å²) in [6.45, 7) is 3.30. The number of anilines is 3. The van der Waals surface area contributed by atoms with Crippen molar-refractivity contribution in [2.45, 2.75) is 19.8 Å². The van der Waals surface area contributed by atoms with Gasteiger partial charge in [0.25, 0.3) is 5.91 Å². The number of benzene rings is 1. The number of aromatic nitrogens is 2. The van der Waals surface area contributed by atoms with Crippen LogP contribution in [0.1, 0.15) is 30.3 Å². The number of nitrogens with one attached hydrogen (secondary N) is 2. The molecule has 3 rings (SSSR count). The Morgan fingerprint density at radius 3 is 2.25 bits per heavy atom. The van der Waals surface area contributed by atoms with Crippen LogP contribution in [0.2, 0.25) is 0 Å². The zero-order valence-corrected chi connectivity index (χ0v) is 13.5. The number of amides is 2. The molecule has 7 heteroatoms. The Morgan fingerprint density at radius 1 is 1.00 bits per heavy atom. The molecule has 1 aromatic carbocycles. The van der Waals surface area contributed by atoms with Crippen LogP contribution in [0.5, 0.6) is 0 Å². The lowest BCUT2D eigenvalue weighted by Crippen LogP contribution is -2.22. The summed E-state index contributed by atoms with van der Waals surface area (Å²) in [6, 6.07) is 8.51. The second-order valence-corrected chi connectivity index (χ2v) is 5.65. The summed E-state index contributed by atoms with van der Waals surface area (Å²) in [4.78, 5) is 34.0. The molecule has 0 saturated carbocycles. The SMILES string of the molecule is CC(=O)Nc1ccc(NC(=O)c2ccnc(N3CCCC3)n2)cc1. The van der Waals surface area contributed by atoms with E-state index in [9.17, 15) is 9.59 Å². The van der Waals surface area contributed by atoms with Gasteiger partial charge in [0.05, 0.1) is 0 Å². The van der Waals surface area contributed by atoms with Gasteiger partial charge in [-0.15, -0.1) is 0 Å². The molecule has 0 radical (unpaired) electrons. The van der Waals surface area contributed by atoms with Crippen LogP contribution in [0.15, 0.2) is 36.5 Å². The monoisotopic (exact) mass is 325 g/mol. The number of hydrogen-bond acceptors (Lipinski definition) is 5. The average Bonchev–Trinajstić information content (AvgIpc) is 3.11. The van der Waals surface area contributed by atoms with Crippen molar-refractivity contribution in [3.05, 3.63) is 42.2 Å². The molecule has 0 spiro atoms. The molecule has 2 amide bonds. The largest absolute Gasteiger partial charge is 0.341 e. The number of nitrogens with zero attached hydrogens (tertiary/aromatic N) is 3. The summed E-state index contributed by atoms with van der Waals surface area (Å²) in [7, 11) is 0. The molecule has 1 saturated heterocycles. The fourth-order valence-corrected chi connectivity index (χ4v) is 2.58. The summed E-state index contributed by atoms with van der Waals surface area (Å²) >= 11 is 0. The maximum Gasteiger partial charge on any atom is 0.274 e. The Balaban J connectivity index is 1.68. The van der Waals surface area contributed by atoms with Crippen molar-refractivity contribution in [3.63, 3.8) is 0 Å². The average molecular weight is 325 g/mol. The van der Waals surface area contributed by atoms with E-state index >= 15 is 0 Å². The van der Waals surface area contributed by atoms with E-state index in [2.05, 4.69) is 25.5 Å². The molecule has 0 unspecified atom stereocenters. The lowest BCUT2D eigenvalue weighted by Gasteiger charge is -2.15. The fraction of sp³-hybridized carbons (Fsp3) is 0.294. The molecule has 1 fully saturated rings. The molecular formula is C17H19N5O2. The third-order valence-electron chi connectivity index (χ3n) is 3.73. The Kier molecular flexibility index (Phi) is 4.69.